The van der Waals surface area contributed by atoms with Crippen LogP contribution in [0.15, 0.2) is 48.7 Å². The number of piperazine rings is 1. The van der Waals surface area contributed by atoms with Gasteiger partial charge < -0.3 is 9.80 Å². The van der Waals surface area contributed by atoms with Gasteiger partial charge in [-0.15, -0.1) is 0 Å². The molecule has 0 spiro atoms. The van der Waals surface area contributed by atoms with Gasteiger partial charge in [-0.1, -0.05) is 30.3 Å². The third-order valence-electron chi connectivity index (χ3n) is 4.29. The molecule has 3 aromatic rings. The van der Waals surface area contributed by atoms with Crippen molar-refractivity contribution >= 4 is 16.9 Å². The van der Waals surface area contributed by atoms with Crippen molar-refractivity contribution in [3.05, 3.63) is 48.7 Å². The number of benzene rings is 1. The molecule has 0 saturated carbocycles. The lowest BCUT2D eigenvalue weighted by atomic mass is 10.2. The van der Waals surface area contributed by atoms with Gasteiger partial charge in [0, 0.05) is 37.9 Å². The Morgan fingerprint density at radius 2 is 1.65 bits per heavy atom. The molecule has 5 heteroatoms. The van der Waals surface area contributed by atoms with Crippen molar-refractivity contribution in [1.29, 1.82) is 0 Å². The Morgan fingerprint density at radius 1 is 0.870 bits per heavy atom. The molecule has 1 fully saturated rings. The van der Waals surface area contributed by atoms with Crippen LogP contribution in [-0.4, -0.2) is 53.1 Å². The normalized spacial score (nSPS) is 16.0. The van der Waals surface area contributed by atoms with Crippen molar-refractivity contribution in [1.82, 2.24) is 19.9 Å². The molecule has 23 heavy (non-hydrogen) atoms. The number of rotatable bonds is 2. The van der Waals surface area contributed by atoms with Crippen LogP contribution < -0.4 is 4.90 Å². The van der Waals surface area contributed by atoms with E-state index in [1.54, 1.807) is 6.20 Å². The molecule has 1 aromatic carbocycles. The summed E-state index contributed by atoms with van der Waals surface area (Å²) in [7, 11) is 2.16. The molecule has 1 saturated heterocycles. The average Bonchev–Trinajstić information content (AvgIpc) is 2.62. The minimum Gasteiger partial charge on any atom is -0.353 e. The van der Waals surface area contributed by atoms with Crippen LogP contribution in [0.1, 0.15) is 0 Å². The van der Waals surface area contributed by atoms with Gasteiger partial charge in [-0.25, -0.2) is 15.0 Å². The molecule has 0 amide bonds. The van der Waals surface area contributed by atoms with E-state index in [0.29, 0.717) is 0 Å². The number of anilines is 1. The molecule has 0 aliphatic carbocycles. The third kappa shape index (κ3) is 2.75. The molecule has 0 bridgehead atoms. The van der Waals surface area contributed by atoms with Gasteiger partial charge in [0.05, 0.1) is 5.39 Å². The number of likely N-dealkylation sites (N-methyl/N-ethyl adjacent to an activating group) is 1. The Balaban J connectivity index is 1.84. The van der Waals surface area contributed by atoms with Crippen LogP contribution in [0, 0.1) is 0 Å². The van der Waals surface area contributed by atoms with Crippen molar-refractivity contribution in [2.75, 3.05) is 38.1 Å². The van der Waals surface area contributed by atoms with Gasteiger partial charge in [0.1, 0.15) is 5.82 Å². The summed E-state index contributed by atoms with van der Waals surface area (Å²) in [5.41, 5.74) is 1.78. The van der Waals surface area contributed by atoms with Gasteiger partial charge in [-0.3, -0.25) is 0 Å². The van der Waals surface area contributed by atoms with E-state index in [1.807, 2.05) is 36.4 Å². The van der Waals surface area contributed by atoms with Crippen molar-refractivity contribution < 1.29 is 0 Å². The number of hydrogen-bond donors (Lipinski definition) is 0. The summed E-state index contributed by atoms with van der Waals surface area (Å²) >= 11 is 0. The van der Waals surface area contributed by atoms with Crippen LogP contribution in [0.2, 0.25) is 0 Å². The second kappa shape index (κ2) is 5.93. The fraction of sp³-hybridized carbons (Fsp3) is 0.278. The van der Waals surface area contributed by atoms with Gasteiger partial charge >= 0.3 is 0 Å². The molecule has 0 unspecified atom stereocenters. The highest BCUT2D eigenvalue weighted by molar-refractivity contribution is 5.88. The smallest absolute Gasteiger partial charge is 0.165 e. The van der Waals surface area contributed by atoms with Crippen LogP contribution in [0.4, 0.5) is 5.82 Å². The van der Waals surface area contributed by atoms with Gasteiger partial charge in [0.25, 0.3) is 0 Å². The zero-order valence-electron chi connectivity index (χ0n) is 13.2. The predicted molar refractivity (Wildman–Crippen MR) is 92.5 cm³/mol. The Labute approximate surface area is 135 Å². The molecule has 1 aliphatic rings. The second-order valence-electron chi connectivity index (χ2n) is 5.90. The number of aromatic nitrogens is 3. The van der Waals surface area contributed by atoms with Gasteiger partial charge in [0.15, 0.2) is 11.5 Å². The Morgan fingerprint density at radius 3 is 2.43 bits per heavy atom. The summed E-state index contributed by atoms with van der Waals surface area (Å²) < 4.78 is 0. The minimum absolute atomic E-state index is 0.741. The number of nitrogens with zero attached hydrogens (tertiary/aromatic N) is 5. The highest BCUT2D eigenvalue weighted by Gasteiger charge is 2.19. The van der Waals surface area contributed by atoms with E-state index in [4.69, 9.17) is 4.98 Å². The van der Waals surface area contributed by atoms with Crippen LogP contribution in [-0.2, 0) is 0 Å². The van der Waals surface area contributed by atoms with Gasteiger partial charge in [-0.2, -0.15) is 0 Å². The first-order valence-electron chi connectivity index (χ1n) is 7.93. The first-order chi connectivity index (χ1) is 11.3. The van der Waals surface area contributed by atoms with Crippen molar-refractivity contribution in [2.24, 2.45) is 0 Å². The van der Waals surface area contributed by atoms with Crippen LogP contribution in [0.5, 0.6) is 0 Å². The lowest BCUT2D eigenvalue weighted by Crippen LogP contribution is -2.45. The minimum atomic E-state index is 0.741. The Hall–Kier alpha value is -2.53. The first-order valence-corrected chi connectivity index (χ1v) is 7.93. The largest absolute Gasteiger partial charge is 0.353 e. The highest BCUT2D eigenvalue weighted by Crippen LogP contribution is 2.27. The van der Waals surface area contributed by atoms with E-state index in [1.165, 1.54) is 0 Å². The quantitative estimate of drug-likeness (QED) is 0.727. The van der Waals surface area contributed by atoms with E-state index in [0.717, 1.165) is 54.4 Å². The van der Waals surface area contributed by atoms with Gasteiger partial charge in [0.2, 0.25) is 0 Å². The second-order valence-corrected chi connectivity index (χ2v) is 5.90. The molecular formula is C18H19N5. The maximum absolute atomic E-state index is 4.88. The summed E-state index contributed by atoms with van der Waals surface area (Å²) in [6, 6.07) is 14.1. The third-order valence-corrected chi connectivity index (χ3v) is 4.29. The first kappa shape index (κ1) is 14.1. The highest BCUT2D eigenvalue weighted by atomic mass is 15.3. The zero-order chi connectivity index (χ0) is 15.6. The van der Waals surface area contributed by atoms with Crippen LogP contribution in [0.25, 0.3) is 22.4 Å². The van der Waals surface area contributed by atoms with Gasteiger partial charge in [-0.05, 0) is 19.2 Å². The summed E-state index contributed by atoms with van der Waals surface area (Å²) in [6.45, 7) is 4.05. The van der Waals surface area contributed by atoms with E-state index < -0.39 is 0 Å². The van der Waals surface area contributed by atoms with E-state index in [-0.39, 0.29) is 0 Å². The standard InChI is InChI=1S/C18H19N5/c1-22-10-12-23(13-11-22)18-15-8-5-9-19-17(15)20-16(21-18)14-6-3-2-4-7-14/h2-9H,10-13H2,1H3. The molecule has 0 atom stereocenters. The molecule has 5 nitrogen and oxygen atoms in total. The number of pyridine rings is 1. The van der Waals surface area contributed by atoms with E-state index >= 15 is 0 Å². The van der Waals surface area contributed by atoms with Crippen molar-refractivity contribution in [3.63, 3.8) is 0 Å². The molecule has 2 aromatic heterocycles. The fourth-order valence-corrected chi connectivity index (χ4v) is 2.92. The summed E-state index contributed by atoms with van der Waals surface area (Å²) in [5.74, 6) is 1.74. The Kier molecular flexibility index (Phi) is 3.63. The Bertz CT molecular complexity index is 810. The maximum atomic E-state index is 4.88. The van der Waals surface area contributed by atoms with Crippen LogP contribution >= 0.6 is 0 Å². The zero-order valence-corrected chi connectivity index (χ0v) is 13.2. The van der Waals surface area contributed by atoms with E-state index in [9.17, 15) is 0 Å². The average molecular weight is 305 g/mol. The maximum Gasteiger partial charge on any atom is 0.165 e. The van der Waals surface area contributed by atoms with Crippen molar-refractivity contribution in [2.45, 2.75) is 0 Å². The SMILES string of the molecule is CN1CCN(c2nc(-c3ccccc3)nc3ncccc23)CC1. The number of hydrogen-bond acceptors (Lipinski definition) is 5. The molecule has 3 heterocycles. The predicted octanol–water partition coefficient (Wildman–Crippen LogP) is 2.44. The lowest BCUT2D eigenvalue weighted by Gasteiger charge is -2.33. The fourth-order valence-electron chi connectivity index (χ4n) is 2.92. The summed E-state index contributed by atoms with van der Waals surface area (Å²) in [5, 5.41) is 1.02. The monoisotopic (exact) mass is 305 g/mol. The van der Waals surface area contributed by atoms with Crippen LogP contribution in [0.3, 0.4) is 0 Å². The van der Waals surface area contributed by atoms with Crippen molar-refractivity contribution in [3.8, 4) is 11.4 Å². The molecular weight excluding hydrogens is 286 g/mol. The summed E-state index contributed by atoms with van der Waals surface area (Å²) in [6.07, 6.45) is 1.79. The molecule has 0 N–H and O–H groups in total. The summed E-state index contributed by atoms with van der Waals surface area (Å²) in [4.78, 5) is 18.7. The molecule has 1 aliphatic heterocycles. The molecule has 4 rings (SSSR count). The molecule has 116 valence electrons. The number of fused-ring (bicyclic) bond motifs is 1. The molecule has 0 radical (unpaired) electrons. The topological polar surface area (TPSA) is 45.2 Å². The van der Waals surface area contributed by atoms with E-state index in [2.05, 4.69) is 32.9 Å². The lowest BCUT2D eigenvalue weighted by molar-refractivity contribution is 0.312.